The van der Waals surface area contributed by atoms with E-state index in [1.807, 2.05) is 26.0 Å². The molecule has 0 atom stereocenters. The van der Waals surface area contributed by atoms with Gasteiger partial charge >= 0.3 is 0 Å². The van der Waals surface area contributed by atoms with E-state index in [0.717, 1.165) is 0 Å². The Morgan fingerprint density at radius 2 is 1.50 bits per heavy atom. The Morgan fingerprint density at radius 3 is 2.22 bits per heavy atom. The molecule has 2 amide bonds. The van der Waals surface area contributed by atoms with Crippen LogP contribution < -0.4 is 20.7 Å². The minimum absolute atomic E-state index is 0.139. The first kappa shape index (κ1) is 23.0. The van der Waals surface area contributed by atoms with E-state index in [1.165, 1.54) is 0 Å². The summed E-state index contributed by atoms with van der Waals surface area (Å²) in [5, 5.41) is 8.63. The second kappa shape index (κ2) is 11.1. The molecule has 0 aromatic heterocycles. The fourth-order valence-electron chi connectivity index (χ4n) is 2.84. The number of ether oxygens (including phenoxy) is 1. The van der Waals surface area contributed by atoms with Crippen molar-refractivity contribution >= 4 is 40.5 Å². The van der Waals surface area contributed by atoms with E-state index in [2.05, 4.69) is 16.0 Å². The minimum atomic E-state index is -0.365. The highest BCUT2D eigenvalue weighted by Crippen LogP contribution is 2.19. The summed E-state index contributed by atoms with van der Waals surface area (Å²) >= 11 is 5.30. The van der Waals surface area contributed by atoms with E-state index in [0.29, 0.717) is 40.8 Å². The van der Waals surface area contributed by atoms with Gasteiger partial charge in [-0.1, -0.05) is 50.2 Å². The molecule has 0 spiro atoms. The second-order valence-electron chi connectivity index (χ2n) is 7.51. The molecule has 3 rings (SSSR count). The van der Waals surface area contributed by atoms with Crippen molar-refractivity contribution in [2.45, 2.75) is 13.8 Å². The number of anilines is 2. The van der Waals surface area contributed by atoms with Crippen LogP contribution in [0.3, 0.4) is 0 Å². The lowest BCUT2D eigenvalue weighted by molar-refractivity contribution is 0.0971. The van der Waals surface area contributed by atoms with Crippen LogP contribution in [0.15, 0.2) is 78.9 Å². The standard InChI is InChI=1S/C25H25N3O3S/c1-17(2)16-31-22-14-7-6-13-21(22)24(30)28-25(32)27-20-12-8-11-19(15-20)26-23(29)18-9-4-3-5-10-18/h3-15,17H,16H2,1-2H3,(H,26,29)(H2,27,28,30,32). The SMILES string of the molecule is CC(C)COc1ccccc1C(=O)NC(=S)Nc1cccc(NC(=O)c2ccccc2)c1. The topological polar surface area (TPSA) is 79.5 Å². The largest absolute Gasteiger partial charge is 0.492 e. The van der Waals surface area contributed by atoms with Gasteiger partial charge in [0.05, 0.1) is 12.2 Å². The Hall–Kier alpha value is -3.71. The van der Waals surface area contributed by atoms with Crippen LogP contribution in [0.4, 0.5) is 11.4 Å². The van der Waals surface area contributed by atoms with E-state index in [1.54, 1.807) is 66.7 Å². The van der Waals surface area contributed by atoms with Gasteiger partial charge in [-0.15, -0.1) is 0 Å². The Morgan fingerprint density at radius 1 is 0.844 bits per heavy atom. The van der Waals surface area contributed by atoms with Gasteiger partial charge in [-0.25, -0.2) is 0 Å². The summed E-state index contributed by atoms with van der Waals surface area (Å²) in [7, 11) is 0. The number of carbonyl (C=O) groups excluding carboxylic acids is 2. The third kappa shape index (κ3) is 6.65. The first-order valence-electron chi connectivity index (χ1n) is 10.2. The molecule has 6 nitrogen and oxygen atoms in total. The van der Waals surface area contributed by atoms with Gasteiger partial charge in [-0.2, -0.15) is 0 Å². The van der Waals surface area contributed by atoms with Crippen LogP contribution in [0.1, 0.15) is 34.6 Å². The molecule has 0 heterocycles. The van der Waals surface area contributed by atoms with Gasteiger partial charge in [0.2, 0.25) is 0 Å². The molecule has 0 aliphatic carbocycles. The Kier molecular flexibility index (Phi) is 7.94. The van der Waals surface area contributed by atoms with Gasteiger partial charge in [0, 0.05) is 16.9 Å². The van der Waals surface area contributed by atoms with E-state index in [4.69, 9.17) is 17.0 Å². The van der Waals surface area contributed by atoms with Crippen molar-refractivity contribution < 1.29 is 14.3 Å². The molecular weight excluding hydrogens is 422 g/mol. The summed E-state index contributed by atoms with van der Waals surface area (Å²) in [5.41, 5.74) is 2.20. The monoisotopic (exact) mass is 447 g/mol. The van der Waals surface area contributed by atoms with E-state index < -0.39 is 0 Å². The number of nitrogens with one attached hydrogen (secondary N) is 3. The molecule has 32 heavy (non-hydrogen) atoms. The summed E-state index contributed by atoms with van der Waals surface area (Å²) < 4.78 is 5.74. The number of benzene rings is 3. The molecule has 0 saturated heterocycles. The number of amides is 2. The Bertz CT molecular complexity index is 1100. The molecule has 0 saturated carbocycles. The maximum Gasteiger partial charge on any atom is 0.261 e. The Balaban J connectivity index is 1.61. The van der Waals surface area contributed by atoms with Crippen molar-refractivity contribution in [3.8, 4) is 5.75 Å². The number of carbonyl (C=O) groups is 2. The molecule has 7 heteroatoms. The lowest BCUT2D eigenvalue weighted by Gasteiger charge is -2.14. The zero-order chi connectivity index (χ0) is 22.9. The zero-order valence-corrected chi connectivity index (χ0v) is 18.7. The van der Waals surface area contributed by atoms with Crippen molar-refractivity contribution in [1.82, 2.24) is 5.32 Å². The fourth-order valence-corrected chi connectivity index (χ4v) is 3.05. The van der Waals surface area contributed by atoms with Gasteiger partial charge in [0.25, 0.3) is 11.8 Å². The normalized spacial score (nSPS) is 10.3. The van der Waals surface area contributed by atoms with E-state index >= 15 is 0 Å². The van der Waals surface area contributed by atoms with Crippen LogP contribution in [0.25, 0.3) is 0 Å². The van der Waals surface area contributed by atoms with Crippen LogP contribution >= 0.6 is 12.2 Å². The van der Waals surface area contributed by atoms with E-state index in [9.17, 15) is 9.59 Å². The summed E-state index contributed by atoms with van der Waals surface area (Å²) in [5.74, 6) is 0.266. The lowest BCUT2D eigenvalue weighted by atomic mass is 10.2. The average molecular weight is 448 g/mol. The molecule has 164 valence electrons. The van der Waals surface area contributed by atoms with Crippen LogP contribution in [0.2, 0.25) is 0 Å². The molecule has 0 unspecified atom stereocenters. The van der Waals surface area contributed by atoms with Crippen molar-refractivity contribution in [3.63, 3.8) is 0 Å². The number of hydrogen-bond acceptors (Lipinski definition) is 4. The lowest BCUT2D eigenvalue weighted by Crippen LogP contribution is -2.34. The highest BCUT2D eigenvalue weighted by atomic mass is 32.1. The summed E-state index contributed by atoms with van der Waals surface area (Å²) in [6.45, 7) is 4.59. The molecule has 0 bridgehead atoms. The van der Waals surface area contributed by atoms with Crippen molar-refractivity contribution in [2.75, 3.05) is 17.2 Å². The van der Waals surface area contributed by atoms with Crippen LogP contribution in [-0.2, 0) is 0 Å². The molecule has 3 aromatic carbocycles. The molecule has 3 N–H and O–H groups in total. The van der Waals surface area contributed by atoms with Gasteiger partial charge in [-0.3, -0.25) is 14.9 Å². The van der Waals surface area contributed by atoms with Gasteiger partial charge in [0.1, 0.15) is 5.75 Å². The number of rotatable bonds is 7. The quantitative estimate of drug-likeness (QED) is 0.439. The summed E-state index contributed by atoms with van der Waals surface area (Å²) in [6, 6.07) is 23.1. The number of hydrogen-bond donors (Lipinski definition) is 3. The number of para-hydroxylation sites is 1. The predicted octanol–water partition coefficient (Wildman–Crippen LogP) is 5.10. The Labute approximate surface area is 193 Å². The second-order valence-corrected chi connectivity index (χ2v) is 7.92. The maximum atomic E-state index is 12.7. The van der Waals surface area contributed by atoms with Crippen molar-refractivity contribution in [2.24, 2.45) is 5.92 Å². The molecule has 0 radical (unpaired) electrons. The van der Waals surface area contributed by atoms with Crippen LogP contribution in [0, 0.1) is 5.92 Å². The fraction of sp³-hybridized carbons (Fsp3) is 0.160. The highest BCUT2D eigenvalue weighted by Gasteiger charge is 2.14. The molecule has 0 fully saturated rings. The average Bonchev–Trinajstić information content (AvgIpc) is 2.78. The van der Waals surface area contributed by atoms with Crippen LogP contribution in [-0.4, -0.2) is 23.5 Å². The maximum absolute atomic E-state index is 12.7. The minimum Gasteiger partial charge on any atom is -0.492 e. The van der Waals surface area contributed by atoms with Crippen LogP contribution in [0.5, 0.6) is 5.75 Å². The van der Waals surface area contributed by atoms with Gasteiger partial charge < -0.3 is 15.4 Å². The number of thiocarbonyl (C=S) groups is 1. The summed E-state index contributed by atoms with van der Waals surface area (Å²) in [4.78, 5) is 25.1. The van der Waals surface area contributed by atoms with E-state index in [-0.39, 0.29) is 16.9 Å². The van der Waals surface area contributed by atoms with Crippen molar-refractivity contribution in [1.29, 1.82) is 0 Å². The first-order chi connectivity index (χ1) is 15.4. The zero-order valence-electron chi connectivity index (χ0n) is 17.9. The first-order valence-corrected chi connectivity index (χ1v) is 10.6. The molecule has 3 aromatic rings. The van der Waals surface area contributed by atoms with Gasteiger partial charge in [-0.05, 0) is 60.6 Å². The molecule has 0 aliphatic rings. The molecule has 0 aliphatic heterocycles. The highest BCUT2D eigenvalue weighted by molar-refractivity contribution is 7.80. The van der Waals surface area contributed by atoms with Gasteiger partial charge in [0.15, 0.2) is 5.11 Å². The predicted molar refractivity (Wildman–Crippen MR) is 131 cm³/mol. The molecular formula is C25H25N3O3S. The third-order valence-electron chi connectivity index (χ3n) is 4.35. The summed E-state index contributed by atoms with van der Waals surface area (Å²) in [6.07, 6.45) is 0. The third-order valence-corrected chi connectivity index (χ3v) is 4.55. The van der Waals surface area contributed by atoms with Crippen molar-refractivity contribution in [3.05, 3.63) is 90.0 Å². The smallest absolute Gasteiger partial charge is 0.261 e.